The molecule has 8 nitrogen and oxygen atoms in total. The molecule has 2 amide bonds. The monoisotopic (exact) mass is 436 g/mol. The first-order valence-electron chi connectivity index (χ1n) is 11.2. The van der Waals surface area contributed by atoms with Crippen molar-refractivity contribution in [3.05, 3.63) is 12.7 Å². The van der Waals surface area contributed by atoms with Crippen LogP contribution in [0.5, 0.6) is 0 Å². The first kappa shape index (κ1) is 23.7. The number of carbonyl (C=O) groups is 3. The molecule has 3 saturated heterocycles. The van der Waals surface area contributed by atoms with E-state index in [0.29, 0.717) is 25.8 Å². The van der Waals surface area contributed by atoms with Crippen LogP contribution in [0.4, 0.5) is 0 Å². The maximum absolute atomic E-state index is 13.9. The van der Waals surface area contributed by atoms with Gasteiger partial charge in [-0.05, 0) is 47.0 Å². The average Bonchev–Trinajstić information content (AvgIpc) is 3.29. The zero-order chi connectivity index (χ0) is 23.2. The summed E-state index contributed by atoms with van der Waals surface area (Å²) < 4.78 is 11.9. The fourth-order valence-corrected chi connectivity index (χ4v) is 5.91. The molecule has 2 unspecified atom stereocenters. The Morgan fingerprint density at radius 3 is 2.55 bits per heavy atom. The number of β-amino-alcohol motifs (C(OH)–C–C–N with tert-alkyl or cyclic N) is 1. The molecule has 174 valence electrons. The molecule has 5 atom stereocenters. The smallest absolute Gasteiger partial charge is 0.312 e. The van der Waals surface area contributed by atoms with Gasteiger partial charge in [0.25, 0.3) is 0 Å². The highest BCUT2D eigenvalue weighted by molar-refractivity contribution is 5.98. The number of aliphatic hydroxyl groups is 1. The van der Waals surface area contributed by atoms with Crippen molar-refractivity contribution in [1.82, 2.24) is 9.80 Å². The zero-order valence-electron chi connectivity index (χ0n) is 19.3. The van der Waals surface area contributed by atoms with Crippen molar-refractivity contribution < 1.29 is 29.0 Å². The number of carbonyl (C=O) groups excluding carboxylic acids is 3. The second-order valence-electron chi connectivity index (χ2n) is 9.75. The van der Waals surface area contributed by atoms with Gasteiger partial charge < -0.3 is 24.4 Å². The predicted molar refractivity (Wildman–Crippen MR) is 114 cm³/mol. The van der Waals surface area contributed by atoms with Gasteiger partial charge in [-0.25, -0.2) is 0 Å². The summed E-state index contributed by atoms with van der Waals surface area (Å²) in [5, 5.41) is 9.66. The Bertz CT molecular complexity index is 762. The van der Waals surface area contributed by atoms with Gasteiger partial charge in [-0.15, -0.1) is 6.58 Å². The topological polar surface area (TPSA) is 96.4 Å². The predicted octanol–water partition coefficient (Wildman–Crippen LogP) is 1.51. The number of hydrogen-bond acceptors (Lipinski definition) is 6. The number of ether oxygens (including phenoxy) is 2. The largest absolute Gasteiger partial charge is 0.466 e. The van der Waals surface area contributed by atoms with E-state index in [0.717, 1.165) is 0 Å². The fraction of sp³-hybridized carbons (Fsp3) is 0.783. The van der Waals surface area contributed by atoms with Gasteiger partial charge in [0.05, 0.1) is 24.7 Å². The van der Waals surface area contributed by atoms with E-state index in [4.69, 9.17) is 9.47 Å². The Labute approximate surface area is 184 Å². The highest BCUT2D eigenvalue weighted by atomic mass is 16.6. The fourth-order valence-electron chi connectivity index (χ4n) is 5.91. The number of likely N-dealkylation sites (tertiary alicyclic amines) is 1. The zero-order valence-corrected chi connectivity index (χ0v) is 19.3. The second-order valence-corrected chi connectivity index (χ2v) is 9.75. The van der Waals surface area contributed by atoms with Crippen LogP contribution >= 0.6 is 0 Å². The minimum atomic E-state index is -1.10. The van der Waals surface area contributed by atoms with Crippen LogP contribution in [0.2, 0.25) is 0 Å². The maximum atomic E-state index is 13.9. The lowest BCUT2D eigenvalue weighted by atomic mass is 9.65. The van der Waals surface area contributed by atoms with E-state index in [2.05, 4.69) is 6.58 Å². The minimum Gasteiger partial charge on any atom is -0.466 e. The van der Waals surface area contributed by atoms with Gasteiger partial charge in [-0.1, -0.05) is 13.0 Å². The number of fused-ring (bicyclic) bond motifs is 1. The molecule has 1 spiro atoms. The first-order chi connectivity index (χ1) is 14.5. The molecule has 2 bridgehead atoms. The molecule has 0 aromatic carbocycles. The summed E-state index contributed by atoms with van der Waals surface area (Å²) in [6.45, 7) is 13.5. The van der Waals surface area contributed by atoms with Crippen LogP contribution in [0.25, 0.3) is 0 Å². The van der Waals surface area contributed by atoms with Crippen LogP contribution < -0.4 is 0 Å². The Morgan fingerprint density at radius 2 is 2.03 bits per heavy atom. The lowest BCUT2D eigenvalue weighted by molar-refractivity contribution is -0.162. The van der Waals surface area contributed by atoms with Gasteiger partial charge in [0.1, 0.15) is 17.6 Å². The van der Waals surface area contributed by atoms with Gasteiger partial charge in [0.15, 0.2) is 0 Å². The highest BCUT2D eigenvalue weighted by Gasteiger charge is 2.79. The van der Waals surface area contributed by atoms with E-state index in [1.807, 2.05) is 27.7 Å². The Hall–Kier alpha value is -1.93. The molecule has 8 heteroatoms. The minimum absolute atomic E-state index is 0.0115. The van der Waals surface area contributed by atoms with E-state index in [1.54, 1.807) is 17.9 Å². The molecule has 3 aliphatic heterocycles. The maximum Gasteiger partial charge on any atom is 0.312 e. The van der Waals surface area contributed by atoms with Crippen molar-refractivity contribution in [3.8, 4) is 0 Å². The van der Waals surface area contributed by atoms with E-state index < -0.39 is 40.6 Å². The standard InChI is InChI=1S/C23H36N2O6/c1-7-12-25(21(4,5)6)19(28)17-23-11-10-22(8-2,31-23)16(20(29)30-9-3)15(23)18(27)24(17)13-14-26/h7,15-17,26H,1,8-14H2,2-6H3/t15-,16+,17?,22-,23?/m0/s1. The molecule has 3 aliphatic rings. The molecule has 3 rings (SSSR count). The van der Waals surface area contributed by atoms with Crippen molar-refractivity contribution in [2.75, 3.05) is 26.3 Å². The van der Waals surface area contributed by atoms with Gasteiger partial charge in [-0.3, -0.25) is 14.4 Å². The Kier molecular flexibility index (Phi) is 6.28. The summed E-state index contributed by atoms with van der Waals surface area (Å²) in [7, 11) is 0. The average molecular weight is 437 g/mol. The van der Waals surface area contributed by atoms with Crippen LogP contribution in [0.3, 0.4) is 0 Å². The van der Waals surface area contributed by atoms with E-state index in [9.17, 15) is 19.5 Å². The van der Waals surface area contributed by atoms with E-state index >= 15 is 0 Å². The number of esters is 1. The van der Waals surface area contributed by atoms with Crippen LogP contribution in [0, 0.1) is 11.8 Å². The van der Waals surface area contributed by atoms with Crippen LogP contribution in [-0.2, 0) is 23.9 Å². The molecule has 3 fully saturated rings. The normalized spacial score (nSPS) is 34.1. The molecule has 3 heterocycles. The van der Waals surface area contributed by atoms with Crippen molar-refractivity contribution in [1.29, 1.82) is 0 Å². The second kappa shape index (κ2) is 8.20. The lowest BCUT2D eigenvalue weighted by Gasteiger charge is -2.42. The van der Waals surface area contributed by atoms with E-state index in [-0.39, 0.29) is 31.6 Å². The van der Waals surface area contributed by atoms with Crippen LogP contribution in [0.15, 0.2) is 12.7 Å². The third-order valence-corrected chi connectivity index (χ3v) is 7.18. The van der Waals surface area contributed by atoms with E-state index in [1.165, 1.54) is 4.90 Å². The molecule has 0 radical (unpaired) electrons. The molecule has 0 aliphatic carbocycles. The summed E-state index contributed by atoms with van der Waals surface area (Å²) in [5.41, 5.74) is -2.41. The molecule has 0 aromatic rings. The summed E-state index contributed by atoms with van der Waals surface area (Å²) in [6, 6.07) is -0.899. The van der Waals surface area contributed by atoms with Crippen molar-refractivity contribution in [2.45, 2.75) is 76.7 Å². The van der Waals surface area contributed by atoms with Crippen molar-refractivity contribution in [3.63, 3.8) is 0 Å². The first-order valence-corrected chi connectivity index (χ1v) is 11.2. The molecule has 31 heavy (non-hydrogen) atoms. The SMILES string of the molecule is C=CCN(C(=O)C1N(CCO)C(=O)[C@@H]2[C@H](C(=O)OCC)[C@]3(CC)CCC12O3)C(C)(C)C. The Morgan fingerprint density at radius 1 is 1.35 bits per heavy atom. The number of aliphatic hydroxyl groups excluding tert-OH is 1. The summed E-state index contributed by atoms with van der Waals surface area (Å²) in [6.07, 6.45) is 3.31. The van der Waals surface area contributed by atoms with Gasteiger partial charge in [-0.2, -0.15) is 0 Å². The summed E-state index contributed by atoms with van der Waals surface area (Å²) >= 11 is 0. The van der Waals surface area contributed by atoms with Gasteiger partial charge >= 0.3 is 5.97 Å². The third kappa shape index (κ3) is 3.39. The van der Waals surface area contributed by atoms with Crippen LogP contribution in [-0.4, -0.2) is 81.8 Å². The molecule has 1 N–H and O–H groups in total. The van der Waals surface area contributed by atoms with Crippen molar-refractivity contribution >= 4 is 17.8 Å². The molecule has 0 saturated carbocycles. The lowest BCUT2D eigenvalue weighted by Crippen LogP contribution is -2.60. The van der Waals surface area contributed by atoms with Gasteiger partial charge in [0.2, 0.25) is 11.8 Å². The number of rotatable bonds is 8. The molecular weight excluding hydrogens is 400 g/mol. The number of nitrogens with zero attached hydrogens (tertiary/aromatic N) is 2. The summed E-state index contributed by atoms with van der Waals surface area (Å²) in [5.74, 6) is -2.53. The number of hydrogen-bond donors (Lipinski definition) is 1. The highest BCUT2D eigenvalue weighted by Crippen LogP contribution is 2.64. The quantitative estimate of drug-likeness (QED) is 0.458. The third-order valence-electron chi connectivity index (χ3n) is 7.18. The van der Waals surface area contributed by atoms with Crippen LogP contribution in [0.1, 0.15) is 53.9 Å². The molecular formula is C23H36N2O6. The summed E-state index contributed by atoms with van der Waals surface area (Å²) in [4.78, 5) is 43.7. The Balaban J connectivity index is 2.12. The van der Waals surface area contributed by atoms with Gasteiger partial charge in [0, 0.05) is 18.6 Å². The molecule has 0 aromatic heterocycles. The number of amides is 2. The van der Waals surface area contributed by atoms with Crippen molar-refractivity contribution in [2.24, 2.45) is 11.8 Å².